The maximum absolute atomic E-state index is 12.5. The maximum Gasteiger partial charge on any atom is 0.236 e. The first-order valence-electron chi connectivity index (χ1n) is 8.29. The summed E-state index contributed by atoms with van der Waals surface area (Å²) in [6.07, 6.45) is 5.56. The lowest BCUT2D eigenvalue weighted by Gasteiger charge is -2.16. The lowest BCUT2D eigenvalue weighted by Crippen LogP contribution is -2.33. The first-order valence-corrected chi connectivity index (χ1v) is 8.29. The maximum atomic E-state index is 12.5. The number of rotatable bonds is 2. The molecule has 0 unspecified atom stereocenters. The molecule has 0 radical (unpaired) electrons. The number of hydrogen-bond donors (Lipinski definition) is 0. The average molecular weight is 332 g/mol. The summed E-state index contributed by atoms with van der Waals surface area (Å²) in [6, 6.07) is 10.1. The number of amides is 1. The van der Waals surface area contributed by atoms with Gasteiger partial charge in [0.25, 0.3) is 0 Å². The van der Waals surface area contributed by atoms with Crippen molar-refractivity contribution in [1.82, 2.24) is 14.5 Å². The van der Waals surface area contributed by atoms with Crippen LogP contribution in [0.5, 0.6) is 0 Å². The van der Waals surface area contributed by atoms with Crippen molar-refractivity contribution >= 4 is 11.6 Å². The molecule has 1 aromatic carbocycles. The normalized spacial score (nSPS) is 15.5. The van der Waals surface area contributed by atoms with E-state index in [0.717, 1.165) is 34.0 Å². The van der Waals surface area contributed by atoms with Gasteiger partial charge in [0.1, 0.15) is 5.82 Å². The molecule has 4 rings (SSSR count). The Hall–Kier alpha value is -2.95. The van der Waals surface area contributed by atoms with Crippen LogP contribution in [-0.4, -0.2) is 27.5 Å². The molecule has 0 aliphatic carbocycles. The fourth-order valence-corrected chi connectivity index (χ4v) is 3.52. The first-order chi connectivity index (χ1) is 11.9. The molecule has 0 spiro atoms. The molecular formula is C20H20N4O. The van der Waals surface area contributed by atoms with Gasteiger partial charge in [-0.1, -0.05) is 12.1 Å². The quantitative estimate of drug-likeness (QED) is 0.722. The number of benzene rings is 1. The van der Waals surface area contributed by atoms with Crippen LogP contribution in [0.1, 0.15) is 25.2 Å². The number of pyridine rings is 1. The summed E-state index contributed by atoms with van der Waals surface area (Å²) < 4.78 is 2.04. The minimum Gasteiger partial charge on any atom is -0.314 e. The highest BCUT2D eigenvalue weighted by atomic mass is 16.2. The summed E-state index contributed by atoms with van der Waals surface area (Å²) in [5.74, 6) is 1.03. The van der Waals surface area contributed by atoms with E-state index in [0.29, 0.717) is 0 Å². The molecule has 1 aliphatic rings. The largest absolute Gasteiger partial charge is 0.314 e. The van der Waals surface area contributed by atoms with Gasteiger partial charge >= 0.3 is 0 Å². The fourth-order valence-electron chi connectivity index (χ4n) is 3.52. The Balaban J connectivity index is 1.80. The van der Waals surface area contributed by atoms with E-state index in [-0.39, 0.29) is 5.91 Å². The van der Waals surface area contributed by atoms with Crippen molar-refractivity contribution in [2.45, 2.75) is 26.2 Å². The topological polar surface area (TPSA) is 51.0 Å². The van der Waals surface area contributed by atoms with Gasteiger partial charge in [-0.3, -0.25) is 9.78 Å². The summed E-state index contributed by atoms with van der Waals surface area (Å²) >= 11 is 0. The molecule has 0 saturated carbocycles. The highest BCUT2D eigenvalue weighted by Gasteiger charge is 2.42. The second-order valence-electron chi connectivity index (χ2n) is 6.97. The Bertz CT molecular complexity index is 973. The predicted molar refractivity (Wildman–Crippen MR) is 98.0 cm³/mol. The van der Waals surface area contributed by atoms with Gasteiger partial charge in [0.2, 0.25) is 5.91 Å². The predicted octanol–water partition coefficient (Wildman–Crippen LogP) is 3.50. The molecule has 126 valence electrons. The molecule has 1 aliphatic heterocycles. The monoisotopic (exact) mass is 332 g/mol. The number of aryl methyl sites for hydroxylation is 1. The van der Waals surface area contributed by atoms with Crippen molar-refractivity contribution in [2.24, 2.45) is 0 Å². The molecule has 3 heterocycles. The number of nitrogens with zero attached hydrogens (tertiary/aromatic N) is 4. The first kappa shape index (κ1) is 15.6. The van der Waals surface area contributed by atoms with Crippen LogP contribution in [0, 0.1) is 6.92 Å². The number of imidazole rings is 1. The zero-order chi connectivity index (χ0) is 17.8. The van der Waals surface area contributed by atoms with E-state index in [1.165, 1.54) is 0 Å². The zero-order valence-electron chi connectivity index (χ0n) is 14.8. The van der Waals surface area contributed by atoms with Crippen LogP contribution in [0.2, 0.25) is 0 Å². The van der Waals surface area contributed by atoms with E-state index in [1.807, 2.05) is 62.8 Å². The molecule has 0 fully saturated rings. The van der Waals surface area contributed by atoms with E-state index >= 15 is 0 Å². The molecule has 0 saturated heterocycles. The Labute approximate surface area is 147 Å². The smallest absolute Gasteiger partial charge is 0.236 e. The van der Waals surface area contributed by atoms with Crippen molar-refractivity contribution in [3.63, 3.8) is 0 Å². The highest BCUT2D eigenvalue weighted by molar-refractivity contribution is 6.07. The van der Waals surface area contributed by atoms with Crippen molar-refractivity contribution in [2.75, 3.05) is 11.9 Å². The standard InChI is InChI=1S/C20H20N4O/c1-13-22-17(12-24(13)15-7-9-21-10-8-15)14-5-6-16-18(11-14)23(4)19(25)20(16,2)3/h5-12H,1-4H3. The molecule has 0 atom stereocenters. The highest BCUT2D eigenvalue weighted by Crippen LogP contribution is 2.42. The molecule has 25 heavy (non-hydrogen) atoms. The van der Waals surface area contributed by atoms with Gasteiger partial charge in [0, 0.05) is 42.6 Å². The van der Waals surface area contributed by atoms with Crippen LogP contribution in [0.3, 0.4) is 0 Å². The Morgan fingerprint density at radius 1 is 1.08 bits per heavy atom. The van der Waals surface area contributed by atoms with E-state index < -0.39 is 5.41 Å². The third-order valence-corrected chi connectivity index (χ3v) is 4.99. The number of anilines is 1. The fraction of sp³-hybridized carbons (Fsp3) is 0.250. The van der Waals surface area contributed by atoms with Gasteiger partial charge in [0.15, 0.2) is 0 Å². The third kappa shape index (κ3) is 2.27. The third-order valence-electron chi connectivity index (χ3n) is 4.99. The molecule has 5 heteroatoms. The molecular weight excluding hydrogens is 312 g/mol. The van der Waals surface area contributed by atoms with Crippen LogP contribution < -0.4 is 4.90 Å². The second-order valence-corrected chi connectivity index (χ2v) is 6.97. The number of carbonyl (C=O) groups excluding carboxylic acids is 1. The second kappa shape index (κ2) is 5.28. The summed E-state index contributed by atoms with van der Waals surface area (Å²) in [5, 5.41) is 0. The summed E-state index contributed by atoms with van der Waals surface area (Å²) in [5.41, 5.74) is 4.47. The van der Waals surface area contributed by atoms with Crippen LogP contribution in [0.4, 0.5) is 5.69 Å². The van der Waals surface area contributed by atoms with Gasteiger partial charge < -0.3 is 9.47 Å². The van der Waals surface area contributed by atoms with E-state index in [4.69, 9.17) is 4.98 Å². The number of fused-ring (bicyclic) bond motifs is 1. The van der Waals surface area contributed by atoms with Gasteiger partial charge in [-0.2, -0.15) is 0 Å². The van der Waals surface area contributed by atoms with Crippen molar-refractivity contribution in [1.29, 1.82) is 0 Å². The molecule has 5 nitrogen and oxygen atoms in total. The van der Waals surface area contributed by atoms with Crippen LogP contribution in [0.15, 0.2) is 48.9 Å². The van der Waals surface area contributed by atoms with Crippen LogP contribution in [0.25, 0.3) is 16.9 Å². The van der Waals surface area contributed by atoms with E-state index in [1.54, 1.807) is 17.3 Å². The van der Waals surface area contributed by atoms with E-state index in [2.05, 4.69) is 11.1 Å². The lowest BCUT2D eigenvalue weighted by atomic mass is 9.86. The van der Waals surface area contributed by atoms with Gasteiger partial charge in [-0.15, -0.1) is 0 Å². The van der Waals surface area contributed by atoms with Gasteiger partial charge in [-0.05, 0) is 44.5 Å². The van der Waals surface area contributed by atoms with Crippen molar-refractivity contribution in [3.05, 3.63) is 60.3 Å². The van der Waals surface area contributed by atoms with E-state index in [9.17, 15) is 4.79 Å². The SMILES string of the molecule is Cc1nc(-c2ccc3c(c2)N(C)C(=O)C3(C)C)cn1-c1ccncc1. The number of aromatic nitrogens is 3. The van der Waals surface area contributed by atoms with Gasteiger partial charge in [0.05, 0.1) is 11.1 Å². The zero-order valence-corrected chi connectivity index (χ0v) is 14.8. The molecule has 0 N–H and O–H groups in total. The van der Waals surface area contributed by atoms with Crippen LogP contribution >= 0.6 is 0 Å². The Morgan fingerprint density at radius 2 is 1.80 bits per heavy atom. The molecule has 0 bridgehead atoms. The Kier molecular flexibility index (Phi) is 3.29. The van der Waals surface area contributed by atoms with Crippen molar-refractivity contribution < 1.29 is 4.79 Å². The lowest BCUT2D eigenvalue weighted by molar-refractivity contribution is -0.121. The number of carbonyl (C=O) groups is 1. The van der Waals surface area contributed by atoms with Gasteiger partial charge in [-0.25, -0.2) is 4.98 Å². The molecule has 2 aromatic heterocycles. The summed E-state index contributed by atoms with van der Waals surface area (Å²) in [4.78, 5) is 23.0. The Morgan fingerprint density at radius 3 is 2.52 bits per heavy atom. The minimum absolute atomic E-state index is 0.123. The van der Waals surface area contributed by atoms with Crippen molar-refractivity contribution in [3.8, 4) is 16.9 Å². The molecule has 1 amide bonds. The number of likely N-dealkylation sites (N-methyl/N-ethyl adjacent to an activating group) is 1. The average Bonchev–Trinajstić information content (AvgIpc) is 3.08. The summed E-state index contributed by atoms with van der Waals surface area (Å²) in [6.45, 7) is 5.93. The number of hydrogen-bond acceptors (Lipinski definition) is 3. The van der Waals surface area contributed by atoms with Crippen LogP contribution in [-0.2, 0) is 10.2 Å². The minimum atomic E-state index is -0.477. The summed E-state index contributed by atoms with van der Waals surface area (Å²) in [7, 11) is 1.83. The molecule has 3 aromatic rings.